The summed E-state index contributed by atoms with van der Waals surface area (Å²) in [7, 11) is 1.55. The van der Waals surface area contributed by atoms with Gasteiger partial charge in [0, 0.05) is 38.8 Å². The molecule has 0 radical (unpaired) electrons. The molecule has 12 heteroatoms. The van der Waals surface area contributed by atoms with E-state index in [1.165, 1.54) is 43.4 Å². The molecule has 0 aromatic heterocycles. The van der Waals surface area contributed by atoms with E-state index in [4.69, 9.17) is 4.99 Å². The Hall–Kier alpha value is -3.28. The number of nitrogens with one attached hydrogen (secondary N) is 2. The van der Waals surface area contributed by atoms with Crippen molar-refractivity contribution in [2.75, 3.05) is 26.7 Å². The number of likely N-dealkylation sites (tertiary alicyclic amines) is 1. The smallest absolute Gasteiger partial charge is 0.354 e. The summed E-state index contributed by atoms with van der Waals surface area (Å²) < 4.78 is 80.5. The number of nitrogens with zero attached hydrogens (tertiary/aromatic N) is 3. The number of guanidine groups is 1. The lowest BCUT2D eigenvalue weighted by Gasteiger charge is -2.38. The number of benzene rings is 2. The molecule has 1 atom stereocenters. The van der Waals surface area contributed by atoms with Crippen LogP contribution in [0.3, 0.4) is 0 Å². The Kier molecular flexibility index (Phi) is 12.5. The average molecular weight is 694 g/mol. The lowest BCUT2D eigenvalue weighted by molar-refractivity contribution is -0.143. The second-order valence-corrected chi connectivity index (χ2v) is 13.9. The quantitative estimate of drug-likeness (QED) is 0.158. The molecule has 1 heterocycles. The number of halogens is 6. The fourth-order valence-corrected chi connectivity index (χ4v) is 7.38. The lowest BCUT2D eigenvalue weighted by Crippen LogP contribution is -2.50. The normalized spacial score (nSPS) is 19.7. The zero-order chi connectivity index (χ0) is 35.0. The summed E-state index contributed by atoms with van der Waals surface area (Å²) in [5.41, 5.74) is -2.05. The molecule has 2 aliphatic carbocycles. The Bertz CT molecular complexity index is 1320. The zero-order valence-electron chi connectivity index (χ0n) is 28.3. The molecule has 270 valence electrons. The van der Waals surface area contributed by atoms with Crippen LogP contribution in [0.25, 0.3) is 0 Å². The summed E-state index contributed by atoms with van der Waals surface area (Å²) in [6.45, 7) is 1.20. The standard InChI is InChI=1S/C37H49F6N5O/c1-47(20-17-26-23-28(36(38,39)40)25-29(24-26)37(41,42)43)34(49)33(27-11-5-2-6-12-27)48-21-18-32(19-22-48)46-35(44-30-13-7-3-8-14-30)45-31-15-9-4-10-16-31/h2,5-6,11-12,23-25,30-33H,3-4,7-10,13-22H2,1H3,(H2,44,45,46). The highest BCUT2D eigenvalue weighted by atomic mass is 19.4. The number of likely N-dealkylation sites (N-methyl/N-ethyl adjacent to an activating group) is 1. The van der Waals surface area contributed by atoms with Crippen LogP contribution in [0.4, 0.5) is 26.3 Å². The van der Waals surface area contributed by atoms with Crippen molar-refractivity contribution >= 4 is 11.9 Å². The van der Waals surface area contributed by atoms with Crippen molar-refractivity contribution in [3.05, 3.63) is 70.8 Å². The summed E-state index contributed by atoms with van der Waals surface area (Å²) in [5, 5.41) is 7.47. The summed E-state index contributed by atoms with van der Waals surface area (Å²) in [4.78, 5) is 22.7. The Morgan fingerprint density at radius 1 is 0.796 bits per heavy atom. The van der Waals surface area contributed by atoms with Crippen molar-refractivity contribution in [3.8, 4) is 0 Å². The van der Waals surface area contributed by atoms with Crippen LogP contribution in [0.5, 0.6) is 0 Å². The molecular formula is C37H49F6N5O. The minimum atomic E-state index is -4.93. The monoisotopic (exact) mass is 693 g/mol. The molecule has 3 aliphatic rings. The van der Waals surface area contributed by atoms with E-state index in [1.54, 1.807) is 7.05 Å². The van der Waals surface area contributed by atoms with Crippen molar-refractivity contribution in [2.24, 2.45) is 4.99 Å². The van der Waals surface area contributed by atoms with Crippen LogP contribution in [-0.4, -0.2) is 66.5 Å². The second kappa shape index (κ2) is 16.6. The van der Waals surface area contributed by atoms with Gasteiger partial charge in [-0.05, 0) is 74.3 Å². The van der Waals surface area contributed by atoms with Gasteiger partial charge in [0.05, 0.1) is 17.2 Å². The molecule has 2 aromatic carbocycles. The first-order valence-corrected chi connectivity index (χ1v) is 17.8. The lowest BCUT2D eigenvalue weighted by atomic mass is 9.95. The van der Waals surface area contributed by atoms with Crippen LogP contribution in [0.1, 0.15) is 105 Å². The molecule has 5 rings (SSSR count). The van der Waals surface area contributed by atoms with Crippen LogP contribution >= 0.6 is 0 Å². The molecule has 49 heavy (non-hydrogen) atoms. The molecule has 2 N–H and O–H groups in total. The molecule has 0 spiro atoms. The molecule has 1 unspecified atom stereocenters. The highest BCUT2D eigenvalue weighted by molar-refractivity contribution is 5.83. The molecule has 0 bridgehead atoms. The van der Waals surface area contributed by atoms with Crippen molar-refractivity contribution in [1.82, 2.24) is 20.4 Å². The van der Waals surface area contributed by atoms with Crippen LogP contribution in [-0.2, 0) is 23.6 Å². The van der Waals surface area contributed by atoms with Crippen LogP contribution in [0, 0.1) is 0 Å². The molecule has 2 aromatic rings. The van der Waals surface area contributed by atoms with Crippen molar-refractivity contribution in [3.63, 3.8) is 0 Å². The van der Waals surface area contributed by atoms with Gasteiger partial charge in [-0.25, -0.2) is 4.99 Å². The van der Waals surface area contributed by atoms with E-state index in [0.717, 1.165) is 62.2 Å². The van der Waals surface area contributed by atoms with E-state index in [1.807, 2.05) is 30.3 Å². The first-order valence-electron chi connectivity index (χ1n) is 17.8. The van der Waals surface area contributed by atoms with E-state index in [0.29, 0.717) is 25.2 Å². The third-order valence-corrected chi connectivity index (χ3v) is 10.2. The number of amides is 1. The third kappa shape index (κ3) is 10.6. The average Bonchev–Trinajstić information content (AvgIpc) is 3.08. The van der Waals surface area contributed by atoms with E-state index in [2.05, 4.69) is 15.5 Å². The molecule has 6 nitrogen and oxygen atoms in total. The SMILES string of the molecule is CN(CCc1cc(C(F)(F)F)cc(C(F)(F)F)c1)C(=O)C(c1ccccc1)N1CCC(N=C(NC2CCCCC2)NC2CCCCC2)CC1. The maximum absolute atomic E-state index is 14.0. The molecule has 1 aliphatic heterocycles. The predicted molar refractivity (Wildman–Crippen MR) is 179 cm³/mol. The number of piperidine rings is 1. The fourth-order valence-electron chi connectivity index (χ4n) is 7.38. The van der Waals surface area contributed by atoms with Gasteiger partial charge in [0.1, 0.15) is 6.04 Å². The first kappa shape index (κ1) is 37.0. The van der Waals surface area contributed by atoms with Gasteiger partial charge in [0.2, 0.25) is 5.91 Å². The van der Waals surface area contributed by atoms with Crippen molar-refractivity contribution < 1.29 is 31.1 Å². The summed E-state index contributed by atoms with van der Waals surface area (Å²) in [6, 6.07) is 11.2. The number of aliphatic imine (C=N–C) groups is 1. The maximum atomic E-state index is 14.0. The van der Waals surface area contributed by atoms with E-state index in [-0.39, 0.29) is 36.5 Å². The van der Waals surface area contributed by atoms with Crippen LogP contribution in [0.15, 0.2) is 53.5 Å². The zero-order valence-corrected chi connectivity index (χ0v) is 28.3. The second-order valence-electron chi connectivity index (χ2n) is 13.9. The van der Waals surface area contributed by atoms with Crippen molar-refractivity contribution in [1.29, 1.82) is 0 Å². The minimum absolute atomic E-state index is 0.0371. The highest BCUT2D eigenvalue weighted by Gasteiger charge is 2.37. The van der Waals surface area contributed by atoms with E-state index >= 15 is 0 Å². The molecule has 2 saturated carbocycles. The fraction of sp³-hybridized carbons (Fsp3) is 0.622. The Labute approximate surface area is 285 Å². The van der Waals surface area contributed by atoms with Gasteiger partial charge in [-0.3, -0.25) is 9.69 Å². The summed E-state index contributed by atoms with van der Waals surface area (Å²) in [6.07, 6.45) is 3.56. The van der Waals surface area contributed by atoms with Gasteiger partial charge in [-0.2, -0.15) is 26.3 Å². The number of alkyl halides is 6. The van der Waals surface area contributed by atoms with Gasteiger partial charge in [-0.1, -0.05) is 68.9 Å². The Morgan fingerprint density at radius 3 is 1.80 bits per heavy atom. The first-order chi connectivity index (χ1) is 23.4. The number of carbonyl (C=O) groups excluding carboxylic acids is 1. The van der Waals surface area contributed by atoms with Gasteiger partial charge in [0.25, 0.3) is 0 Å². The maximum Gasteiger partial charge on any atom is 0.416 e. The number of carbonyl (C=O) groups is 1. The number of hydrogen-bond acceptors (Lipinski definition) is 3. The van der Waals surface area contributed by atoms with Crippen molar-refractivity contribution in [2.45, 2.75) is 120 Å². The number of hydrogen-bond donors (Lipinski definition) is 2. The summed E-state index contributed by atoms with van der Waals surface area (Å²) in [5.74, 6) is 0.644. The van der Waals surface area contributed by atoms with Gasteiger partial charge >= 0.3 is 12.4 Å². The highest BCUT2D eigenvalue weighted by Crippen LogP contribution is 2.36. The largest absolute Gasteiger partial charge is 0.416 e. The van der Waals surface area contributed by atoms with Gasteiger partial charge in [0.15, 0.2) is 5.96 Å². The van der Waals surface area contributed by atoms with Gasteiger partial charge < -0.3 is 15.5 Å². The molecule has 1 saturated heterocycles. The van der Waals surface area contributed by atoms with Gasteiger partial charge in [-0.15, -0.1) is 0 Å². The Morgan fingerprint density at radius 2 is 1.31 bits per heavy atom. The van der Waals surface area contributed by atoms with Crippen LogP contribution in [0.2, 0.25) is 0 Å². The van der Waals surface area contributed by atoms with E-state index in [9.17, 15) is 31.1 Å². The molecule has 1 amide bonds. The topological polar surface area (TPSA) is 60.0 Å². The minimum Gasteiger partial charge on any atom is -0.354 e. The van der Waals surface area contributed by atoms with E-state index < -0.39 is 29.5 Å². The van der Waals surface area contributed by atoms with Crippen LogP contribution < -0.4 is 10.6 Å². The third-order valence-electron chi connectivity index (χ3n) is 10.2. The number of rotatable bonds is 9. The summed E-state index contributed by atoms with van der Waals surface area (Å²) >= 11 is 0. The predicted octanol–water partition coefficient (Wildman–Crippen LogP) is 8.13. The molecular weight excluding hydrogens is 644 g/mol. The molecule has 3 fully saturated rings. The Balaban J connectivity index is 1.27.